The van der Waals surface area contributed by atoms with E-state index in [0.29, 0.717) is 6.42 Å². The first-order chi connectivity index (χ1) is 13.1. The number of aromatic nitrogens is 1. The number of carbonyl (C=O) groups excluding carboxylic acids is 1. The molecule has 1 fully saturated rings. The van der Waals surface area contributed by atoms with Crippen LogP contribution in [-0.2, 0) is 18.3 Å². The van der Waals surface area contributed by atoms with Crippen molar-refractivity contribution in [3.05, 3.63) is 64.3 Å². The minimum absolute atomic E-state index is 0.0140. The van der Waals surface area contributed by atoms with Crippen LogP contribution < -0.4 is 4.74 Å². The molecule has 1 aromatic heterocycles. The Kier molecular flexibility index (Phi) is 5.19. The first kappa shape index (κ1) is 18.4. The summed E-state index contributed by atoms with van der Waals surface area (Å²) in [6, 6.07) is 14.2. The number of methoxy groups -OCH3 is 1. The Labute approximate surface area is 171 Å². The summed E-state index contributed by atoms with van der Waals surface area (Å²) in [5, 5.41) is 1.14. The van der Waals surface area contributed by atoms with Gasteiger partial charge in [-0.05, 0) is 29.8 Å². The van der Waals surface area contributed by atoms with E-state index in [1.165, 1.54) is 0 Å². The van der Waals surface area contributed by atoms with Crippen LogP contribution >= 0.6 is 27.7 Å². The fourth-order valence-corrected chi connectivity index (χ4v) is 5.38. The Bertz CT molecular complexity index is 1000. The van der Waals surface area contributed by atoms with Crippen LogP contribution in [0, 0.1) is 0 Å². The summed E-state index contributed by atoms with van der Waals surface area (Å²) in [6.45, 7) is 0.759. The average Bonchev–Trinajstić information content (AvgIpc) is 3.27. The highest BCUT2D eigenvalue weighted by Crippen LogP contribution is 2.43. The lowest BCUT2D eigenvalue weighted by Crippen LogP contribution is -2.31. The third-order valence-corrected chi connectivity index (χ3v) is 6.73. The van der Waals surface area contributed by atoms with E-state index >= 15 is 0 Å². The Morgan fingerprint density at radius 1 is 1.30 bits per heavy atom. The minimum atomic E-state index is -0.0140. The molecule has 140 valence electrons. The Balaban J connectivity index is 1.62. The molecule has 0 N–H and O–H groups in total. The smallest absolute Gasteiger partial charge is 0.228 e. The molecule has 1 aliphatic heterocycles. The molecule has 0 saturated carbocycles. The summed E-state index contributed by atoms with van der Waals surface area (Å²) in [5.74, 6) is 1.91. The van der Waals surface area contributed by atoms with Crippen molar-refractivity contribution in [1.82, 2.24) is 9.47 Å². The number of fused-ring (bicyclic) bond motifs is 1. The van der Waals surface area contributed by atoms with Crippen LogP contribution in [-0.4, -0.2) is 34.8 Å². The number of rotatable bonds is 4. The van der Waals surface area contributed by atoms with Crippen molar-refractivity contribution in [3.8, 4) is 5.75 Å². The van der Waals surface area contributed by atoms with Crippen molar-refractivity contribution in [2.45, 2.75) is 11.8 Å². The van der Waals surface area contributed by atoms with Crippen LogP contribution in [0.3, 0.4) is 0 Å². The second-order valence-electron chi connectivity index (χ2n) is 6.66. The first-order valence-electron chi connectivity index (χ1n) is 8.86. The lowest BCUT2D eigenvalue weighted by molar-refractivity contribution is -0.130. The highest BCUT2D eigenvalue weighted by molar-refractivity contribution is 9.10. The Morgan fingerprint density at radius 2 is 2.11 bits per heavy atom. The molecule has 2 heterocycles. The van der Waals surface area contributed by atoms with Crippen LogP contribution in [0.1, 0.15) is 16.5 Å². The normalized spacial score (nSPS) is 16.9. The van der Waals surface area contributed by atoms with Gasteiger partial charge in [-0.3, -0.25) is 4.79 Å². The van der Waals surface area contributed by atoms with Crippen molar-refractivity contribution < 1.29 is 9.53 Å². The van der Waals surface area contributed by atoms with Gasteiger partial charge in [0.15, 0.2) is 0 Å². The monoisotopic (exact) mass is 444 g/mol. The highest BCUT2D eigenvalue weighted by atomic mass is 79.9. The van der Waals surface area contributed by atoms with Crippen LogP contribution in [0.15, 0.2) is 53.1 Å². The number of hydrogen-bond donors (Lipinski definition) is 0. The third-order valence-electron chi connectivity index (χ3n) is 4.99. The lowest BCUT2D eigenvalue weighted by atomic mass is 10.1. The number of amides is 1. The Morgan fingerprint density at radius 3 is 2.93 bits per heavy atom. The fraction of sp³-hybridized carbons (Fsp3) is 0.286. The molecule has 1 atom stereocenters. The molecule has 1 saturated heterocycles. The lowest BCUT2D eigenvalue weighted by Gasteiger charge is -2.25. The van der Waals surface area contributed by atoms with E-state index in [1.54, 1.807) is 18.9 Å². The second-order valence-corrected chi connectivity index (χ2v) is 8.76. The fourth-order valence-electron chi connectivity index (χ4n) is 3.71. The summed E-state index contributed by atoms with van der Waals surface area (Å²) in [4.78, 5) is 15.2. The van der Waals surface area contributed by atoms with E-state index < -0.39 is 0 Å². The van der Waals surface area contributed by atoms with Crippen LogP contribution in [0.2, 0.25) is 0 Å². The zero-order valence-electron chi connectivity index (χ0n) is 15.3. The SMILES string of the molecule is COc1ccc(Br)cc1C1SCCN1C(=O)Cc1cn(C)c2ccccc12. The molecule has 1 aliphatic rings. The van der Waals surface area contributed by atoms with Crippen LogP contribution in [0.25, 0.3) is 10.9 Å². The maximum atomic E-state index is 13.2. The largest absolute Gasteiger partial charge is 0.496 e. The highest BCUT2D eigenvalue weighted by Gasteiger charge is 2.33. The molecule has 1 amide bonds. The molecule has 2 aromatic carbocycles. The quantitative estimate of drug-likeness (QED) is 0.581. The molecule has 3 aromatic rings. The molecule has 4 rings (SSSR count). The van der Waals surface area contributed by atoms with Gasteiger partial charge in [-0.1, -0.05) is 34.1 Å². The minimum Gasteiger partial charge on any atom is -0.496 e. The topological polar surface area (TPSA) is 34.5 Å². The molecule has 6 heteroatoms. The summed E-state index contributed by atoms with van der Waals surface area (Å²) in [7, 11) is 3.70. The summed E-state index contributed by atoms with van der Waals surface area (Å²) < 4.78 is 8.63. The van der Waals surface area contributed by atoms with E-state index in [2.05, 4.69) is 44.9 Å². The number of halogens is 1. The van der Waals surface area contributed by atoms with Crippen molar-refractivity contribution >= 4 is 44.5 Å². The van der Waals surface area contributed by atoms with Gasteiger partial charge < -0.3 is 14.2 Å². The van der Waals surface area contributed by atoms with Crippen molar-refractivity contribution in [3.63, 3.8) is 0 Å². The molecule has 27 heavy (non-hydrogen) atoms. The summed E-state index contributed by atoms with van der Waals surface area (Å²) in [6.07, 6.45) is 2.48. The van der Waals surface area contributed by atoms with Crippen LogP contribution in [0.4, 0.5) is 0 Å². The van der Waals surface area contributed by atoms with Gasteiger partial charge in [0.2, 0.25) is 5.91 Å². The van der Waals surface area contributed by atoms with Gasteiger partial charge in [-0.2, -0.15) is 0 Å². The molecule has 0 bridgehead atoms. The number of thioether (sulfide) groups is 1. The summed E-state index contributed by atoms with van der Waals surface area (Å²) in [5.41, 5.74) is 3.27. The van der Waals surface area contributed by atoms with Gasteiger partial charge in [0.05, 0.1) is 13.5 Å². The molecule has 0 radical (unpaired) electrons. The molecule has 0 aliphatic carbocycles. The van der Waals surface area contributed by atoms with Gasteiger partial charge in [0, 0.05) is 46.5 Å². The predicted octanol–water partition coefficient (Wildman–Crippen LogP) is 4.77. The zero-order chi connectivity index (χ0) is 19.0. The molecular formula is C21H21BrN2O2S. The Hall–Kier alpha value is -1.92. The van der Waals surface area contributed by atoms with Crippen molar-refractivity contribution in [2.75, 3.05) is 19.4 Å². The first-order valence-corrected chi connectivity index (χ1v) is 10.7. The maximum absolute atomic E-state index is 13.2. The number of nitrogens with zero attached hydrogens (tertiary/aromatic N) is 2. The number of carbonyl (C=O) groups is 1. The zero-order valence-corrected chi connectivity index (χ0v) is 17.7. The number of para-hydroxylation sites is 1. The van der Waals surface area contributed by atoms with Crippen LogP contribution in [0.5, 0.6) is 5.75 Å². The molecule has 0 spiro atoms. The predicted molar refractivity (Wildman–Crippen MR) is 114 cm³/mol. The molecule has 4 nitrogen and oxygen atoms in total. The molecular weight excluding hydrogens is 424 g/mol. The van der Waals surface area contributed by atoms with Gasteiger partial charge >= 0.3 is 0 Å². The van der Waals surface area contributed by atoms with Gasteiger partial charge in [-0.25, -0.2) is 0 Å². The van der Waals surface area contributed by atoms with E-state index in [9.17, 15) is 4.79 Å². The van der Waals surface area contributed by atoms with Gasteiger partial charge in [0.25, 0.3) is 0 Å². The molecule has 1 unspecified atom stereocenters. The van der Waals surface area contributed by atoms with E-state index in [0.717, 1.165) is 44.5 Å². The standard InChI is InChI=1S/C21H21BrN2O2S/c1-23-13-14(16-5-3-4-6-18(16)23)11-20(25)24-9-10-27-21(24)17-12-15(22)7-8-19(17)26-2/h3-8,12-13,21H,9-11H2,1-2H3. The third kappa shape index (κ3) is 3.48. The van der Waals surface area contributed by atoms with E-state index in [4.69, 9.17) is 4.74 Å². The second kappa shape index (κ2) is 7.60. The van der Waals surface area contributed by atoms with Gasteiger partial charge in [-0.15, -0.1) is 11.8 Å². The van der Waals surface area contributed by atoms with E-state index in [1.807, 2.05) is 36.2 Å². The number of benzene rings is 2. The number of hydrogen-bond acceptors (Lipinski definition) is 3. The summed E-state index contributed by atoms with van der Waals surface area (Å²) >= 11 is 5.33. The van der Waals surface area contributed by atoms with Crippen molar-refractivity contribution in [1.29, 1.82) is 0 Å². The number of ether oxygens (including phenoxy) is 1. The average molecular weight is 445 g/mol. The number of aryl methyl sites for hydroxylation is 1. The van der Waals surface area contributed by atoms with Crippen molar-refractivity contribution in [2.24, 2.45) is 7.05 Å². The maximum Gasteiger partial charge on any atom is 0.228 e. The van der Waals surface area contributed by atoms with E-state index in [-0.39, 0.29) is 11.3 Å². The van der Waals surface area contributed by atoms with Gasteiger partial charge in [0.1, 0.15) is 11.1 Å².